The normalized spacial score (nSPS) is 10.2. The van der Waals surface area contributed by atoms with E-state index in [1.807, 2.05) is 19.2 Å². The van der Waals surface area contributed by atoms with Gasteiger partial charge in [-0.05, 0) is 38.1 Å². The summed E-state index contributed by atoms with van der Waals surface area (Å²) < 4.78 is 5.43. The summed E-state index contributed by atoms with van der Waals surface area (Å²) >= 11 is 1.36. The highest BCUT2D eigenvalue weighted by atomic mass is 32.1. The largest absolute Gasteiger partial charge is 0.384 e. The molecule has 1 aromatic heterocycles. The minimum Gasteiger partial charge on any atom is -0.384 e. The Kier molecular flexibility index (Phi) is 7.97. The third-order valence-electron chi connectivity index (χ3n) is 2.48. The van der Waals surface area contributed by atoms with E-state index in [1.54, 1.807) is 6.07 Å². The molecule has 1 aromatic rings. The van der Waals surface area contributed by atoms with Crippen LogP contribution in [-0.2, 0) is 4.74 Å². The van der Waals surface area contributed by atoms with Crippen molar-refractivity contribution in [1.29, 1.82) is 0 Å². The highest BCUT2D eigenvalue weighted by molar-refractivity contribution is 7.12. The van der Waals surface area contributed by atoms with Crippen LogP contribution in [0.4, 0.5) is 0 Å². The number of unbranched alkanes of at least 4 members (excludes halogenated alkanes) is 1. The summed E-state index contributed by atoms with van der Waals surface area (Å²) in [6.07, 6.45) is 2.07. The Balaban J connectivity index is 2.31. The molecular weight excluding hydrogens is 274 g/mol. The fraction of sp³-hybridized carbons (Fsp3) is 0.533. The van der Waals surface area contributed by atoms with Gasteiger partial charge in [-0.25, -0.2) is 0 Å². The maximum Gasteiger partial charge on any atom is 0.262 e. The van der Waals surface area contributed by atoms with Gasteiger partial charge in [-0.3, -0.25) is 4.79 Å². The zero-order valence-electron chi connectivity index (χ0n) is 11.9. The molecule has 1 rings (SSSR count). The predicted octanol–water partition coefficient (Wildman–Crippen LogP) is 2.03. The van der Waals surface area contributed by atoms with Crippen molar-refractivity contribution < 1.29 is 14.6 Å². The first-order valence-corrected chi connectivity index (χ1v) is 7.60. The lowest BCUT2D eigenvalue weighted by Gasteiger charge is -2.07. The Bertz CT molecular complexity index is 471. The molecule has 0 unspecified atom stereocenters. The Labute approximate surface area is 124 Å². The van der Waals surface area contributed by atoms with E-state index < -0.39 is 0 Å². The van der Waals surface area contributed by atoms with E-state index in [2.05, 4.69) is 17.2 Å². The van der Waals surface area contributed by atoms with Crippen molar-refractivity contribution >= 4 is 17.2 Å². The number of rotatable bonds is 7. The van der Waals surface area contributed by atoms with Gasteiger partial charge in [-0.1, -0.05) is 11.8 Å². The maximum absolute atomic E-state index is 12.0. The third-order valence-corrected chi connectivity index (χ3v) is 3.39. The molecule has 0 aliphatic rings. The van der Waals surface area contributed by atoms with Gasteiger partial charge in [0.05, 0.1) is 6.10 Å². The average molecular weight is 295 g/mol. The minimum atomic E-state index is -0.202. The highest BCUT2D eigenvalue weighted by Gasteiger charge is 2.10. The lowest BCUT2D eigenvalue weighted by Crippen LogP contribution is -2.24. The van der Waals surface area contributed by atoms with Crippen molar-refractivity contribution in [1.82, 2.24) is 5.32 Å². The molecule has 2 N–H and O–H groups in total. The second-order valence-electron chi connectivity index (χ2n) is 4.51. The molecule has 0 aliphatic carbocycles. The summed E-state index contributed by atoms with van der Waals surface area (Å²) in [5.74, 6) is 5.23. The van der Waals surface area contributed by atoms with Crippen LogP contribution in [0.3, 0.4) is 0 Å². The van der Waals surface area contributed by atoms with E-state index in [-0.39, 0.29) is 18.6 Å². The van der Waals surface area contributed by atoms with Gasteiger partial charge in [-0.2, -0.15) is 0 Å². The zero-order chi connectivity index (χ0) is 14.8. The molecule has 0 saturated carbocycles. The monoisotopic (exact) mass is 295 g/mol. The molecule has 20 heavy (non-hydrogen) atoms. The molecule has 110 valence electrons. The molecule has 0 saturated heterocycles. The fourth-order valence-corrected chi connectivity index (χ4v) is 2.31. The number of nitrogens with one attached hydrogen (secondary N) is 1. The zero-order valence-corrected chi connectivity index (χ0v) is 12.8. The maximum atomic E-state index is 12.0. The molecule has 0 aromatic carbocycles. The van der Waals surface area contributed by atoms with Gasteiger partial charge in [0, 0.05) is 18.7 Å². The number of aliphatic hydroxyl groups excluding tert-OH is 1. The molecule has 4 nitrogen and oxygen atoms in total. The summed E-state index contributed by atoms with van der Waals surface area (Å²) in [4.78, 5) is 12.6. The molecular formula is C15H21NO3S. The van der Waals surface area contributed by atoms with Crippen LogP contribution < -0.4 is 5.32 Å². The van der Waals surface area contributed by atoms with Crippen molar-refractivity contribution in [3.8, 4) is 11.8 Å². The smallest absolute Gasteiger partial charge is 0.262 e. The van der Waals surface area contributed by atoms with Gasteiger partial charge in [-0.15, -0.1) is 11.3 Å². The van der Waals surface area contributed by atoms with E-state index >= 15 is 0 Å². The Morgan fingerprint density at radius 3 is 3.00 bits per heavy atom. The topological polar surface area (TPSA) is 58.6 Å². The number of thiophene rings is 1. The van der Waals surface area contributed by atoms with Gasteiger partial charge >= 0.3 is 0 Å². The second-order valence-corrected chi connectivity index (χ2v) is 5.42. The lowest BCUT2D eigenvalue weighted by atomic mass is 10.2. The molecule has 0 radical (unpaired) electrons. The molecule has 0 aliphatic heterocycles. The van der Waals surface area contributed by atoms with Crippen molar-refractivity contribution in [2.45, 2.75) is 32.8 Å². The van der Waals surface area contributed by atoms with E-state index in [1.165, 1.54) is 11.3 Å². The van der Waals surface area contributed by atoms with Crippen LogP contribution in [-0.4, -0.2) is 36.9 Å². The SMILES string of the molecule is CC(C)OCCCCNC(=O)c1sccc1C#CCO. The van der Waals surface area contributed by atoms with Crippen molar-refractivity contribution in [3.63, 3.8) is 0 Å². The average Bonchev–Trinajstić information content (AvgIpc) is 2.88. The molecule has 0 atom stereocenters. The van der Waals surface area contributed by atoms with Crippen LogP contribution in [0.2, 0.25) is 0 Å². The van der Waals surface area contributed by atoms with Gasteiger partial charge in [0.15, 0.2) is 0 Å². The van der Waals surface area contributed by atoms with Crippen LogP contribution in [0.15, 0.2) is 11.4 Å². The number of carbonyl (C=O) groups is 1. The van der Waals surface area contributed by atoms with Gasteiger partial charge < -0.3 is 15.2 Å². The molecule has 5 heteroatoms. The van der Waals surface area contributed by atoms with E-state index in [9.17, 15) is 4.79 Å². The number of aliphatic hydroxyl groups is 1. The molecule has 0 spiro atoms. The first-order chi connectivity index (χ1) is 9.65. The predicted molar refractivity (Wildman–Crippen MR) is 80.9 cm³/mol. The van der Waals surface area contributed by atoms with Crippen molar-refractivity contribution in [2.24, 2.45) is 0 Å². The molecule has 0 bridgehead atoms. The van der Waals surface area contributed by atoms with Crippen LogP contribution in [0.5, 0.6) is 0 Å². The van der Waals surface area contributed by atoms with Gasteiger partial charge in [0.1, 0.15) is 11.5 Å². The highest BCUT2D eigenvalue weighted by Crippen LogP contribution is 2.15. The quantitative estimate of drug-likeness (QED) is 0.598. The molecule has 1 amide bonds. The summed E-state index contributed by atoms with van der Waals surface area (Å²) in [6.45, 7) is 5.17. The van der Waals surface area contributed by atoms with Crippen molar-refractivity contribution in [2.75, 3.05) is 19.8 Å². The van der Waals surface area contributed by atoms with Crippen LogP contribution in [0, 0.1) is 11.8 Å². The van der Waals surface area contributed by atoms with Crippen LogP contribution in [0.25, 0.3) is 0 Å². The second kappa shape index (κ2) is 9.54. The third kappa shape index (κ3) is 6.20. The first kappa shape index (κ1) is 16.7. The first-order valence-electron chi connectivity index (χ1n) is 6.72. The summed E-state index contributed by atoms with van der Waals surface area (Å²) in [6, 6.07) is 1.79. The van der Waals surface area contributed by atoms with Gasteiger partial charge in [0.25, 0.3) is 5.91 Å². The number of hydrogen-bond acceptors (Lipinski definition) is 4. The Morgan fingerprint density at radius 1 is 1.50 bits per heavy atom. The van der Waals surface area contributed by atoms with Crippen LogP contribution in [0.1, 0.15) is 41.9 Å². The Morgan fingerprint density at radius 2 is 2.30 bits per heavy atom. The van der Waals surface area contributed by atoms with E-state index in [0.717, 1.165) is 19.4 Å². The van der Waals surface area contributed by atoms with E-state index in [0.29, 0.717) is 17.0 Å². The summed E-state index contributed by atoms with van der Waals surface area (Å²) in [5, 5.41) is 13.4. The van der Waals surface area contributed by atoms with Crippen molar-refractivity contribution in [3.05, 3.63) is 21.9 Å². The molecule has 0 fully saturated rings. The summed E-state index contributed by atoms with van der Waals surface area (Å²) in [5.41, 5.74) is 0.671. The number of hydrogen-bond donors (Lipinski definition) is 2. The Hall–Kier alpha value is -1.35. The van der Waals surface area contributed by atoms with Crippen LogP contribution >= 0.6 is 11.3 Å². The minimum absolute atomic E-state index is 0.105. The number of carbonyl (C=O) groups excluding carboxylic acids is 1. The number of ether oxygens (including phenoxy) is 1. The van der Waals surface area contributed by atoms with Gasteiger partial charge in [0.2, 0.25) is 0 Å². The van der Waals surface area contributed by atoms with E-state index in [4.69, 9.17) is 9.84 Å². The standard InChI is InChI=1S/C15H21NO3S/c1-12(2)19-10-4-3-8-16-15(18)14-13(6-5-9-17)7-11-20-14/h7,11-12,17H,3-4,8-10H2,1-2H3,(H,16,18). The fourth-order valence-electron chi connectivity index (χ4n) is 1.55. The number of amides is 1. The lowest BCUT2D eigenvalue weighted by molar-refractivity contribution is 0.0754. The molecule has 1 heterocycles. The summed E-state index contributed by atoms with van der Waals surface area (Å²) in [7, 11) is 0.